The molecule has 128 valence electrons. The van der Waals surface area contributed by atoms with E-state index in [0.29, 0.717) is 0 Å². The summed E-state index contributed by atoms with van der Waals surface area (Å²) in [6, 6.07) is 6.14. The van der Waals surface area contributed by atoms with Gasteiger partial charge in [0.15, 0.2) is 5.82 Å². The number of aromatic nitrogens is 4. The van der Waals surface area contributed by atoms with Gasteiger partial charge in [0.25, 0.3) is 0 Å². The number of amides is 1. The highest BCUT2D eigenvalue weighted by Crippen LogP contribution is 2.41. The van der Waals surface area contributed by atoms with Gasteiger partial charge >= 0.3 is 0 Å². The molecule has 3 rings (SSSR count). The molecule has 0 bridgehead atoms. The van der Waals surface area contributed by atoms with Crippen LogP contribution in [0.3, 0.4) is 0 Å². The summed E-state index contributed by atoms with van der Waals surface area (Å²) in [6.45, 7) is 5.78. The van der Waals surface area contributed by atoms with Crippen LogP contribution < -0.4 is 0 Å². The van der Waals surface area contributed by atoms with Crippen molar-refractivity contribution in [3.63, 3.8) is 0 Å². The predicted molar refractivity (Wildman–Crippen MR) is 91.8 cm³/mol. The standard InChI is InChI=1S/C18H25N5O/c1-13-9-8-10-16(14(13)2)23-17(19-20-21-23)18(22(4)15(3)24)11-6-5-7-12-18/h8-10H,5-7,11-12H2,1-4H3. The maximum Gasteiger partial charge on any atom is 0.220 e. The molecule has 1 aliphatic carbocycles. The molecule has 0 radical (unpaired) electrons. The number of nitrogens with zero attached hydrogens (tertiary/aromatic N) is 5. The molecule has 1 heterocycles. The van der Waals surface area contributed by atoms with Gasteiger partial charge < -0.3 is 4.90 Å². The molecule has 0 atom stereocenters. The molecule has 0 unspecified atom stereocenters. The molecule has 1 amide bonds. The fourth-order valence-corrected chi connectivity index (χ4v) is 3.75. The second-order valence-corrected chi connectivity index (χ2v) is 6.80. The summed E-state index contributed by atoms with van der Waals surface area (Å²) < 4.78 is 1.83. The molecular weight excluding hydrogens is 302 g/mol. The third-order valence-corrected chi connectivity index (χ3v) is 5.49. The van der Waals surface area contributed by atoms with Gasteiger partial charge in [0.1, 0.15) is 5.54 Å². The van der Waals surface area contributed by atoms with Crippen LogP contribution >= 0.6 is 0 Å². The number of aryl methyl sites for hydroxylation is 1. The highest BCUT2D eigenvalue weighted by Gasteiger charge is 2.44. The van der Waals surface area contributed by atoms with E-state index >= 15 is 0 Å². The van der Waals surface area contributed by atoms with E-state index in [1.54, 1.807) is 6.92 Å². The van der Waals surface area contributed by atoms with Crippen molar-refractivity contribution in [3.8, 4) is 5.69 Å². The van der Waals surface area contributed by atoms with Crippen LogP contribution in [0.1, 0.15) is 56.0 Å². The maximum absolute atomic E-state index is 12.2. The average molecular weight is 327 g/mol. The summed E-state index contributed by atoms with van der Waals surface area (Å²) in [7, 11) is 1.87. The van der Waals surface area contributed by atoms with Gasteiger partial charge in [0, 0.05) is 14.0 Å². The van der Waals surface area contributed by atoms with Crippen molar-refractivity contribution in [2.24, 2.45) is 0 Å². The van der Waals surface area contributed by atoms with Crippen molar-refractivity contribution < 1.29 is 4.79 Å². The highest BCUT2D eigenvalue weighted by molar-refractivity contribution is 5.74. The lowest BCUT2D eigenvalue weighted by molar-refractivity contribution is -0.135. The number of benzene rings is 1. The van der Waals surface area contributed by atoms with Gasteiger partial charge in [-0.15, -0.1) is 5.10 Å². The van der Waals surface area contributed by atoms with Crippen molar-refractivity contribution in [2.75, 3.05) is 7.05 Å². The molecule has 1 aromatic carbocycles. The Morgan fingerprint density at radius 2 is 1.92 bits per heavy atom. The maximum atomic E-state index is 12.2. The smallest absolute Gasteiger partial charge is 0.220 e. The second-order valence-electron chi connectivity index (χ2n) is 6.80. The van der Waals surface area contributed by atoms with Gasteiger partial charge in [-0.25, -0.2) is 0 Å². The van der Waals surface area contributed by atoms with Crippen LogP contribution in [-0.2, 0) is 10.3 Å². The van der Waals surface area contributed by atoms with E-state index in [2.05, 4.69) is 35.4 Å². The zero-order valence-corrected chi connectivity index (χ0v) is 14.9. The summed E-state index contributed by atoms with van der Waals surface area (Å²) in [5, 5.41) is 12.6. The summed E-state index contributed by atoms with van der Waals surface area (Å²) >= 11 is 0. The molecule has 6 nitrogen and oxygen atoms in total. The third kappa shape index (κ3) is 2.60. The number of hydrogen-bond donors (Lipinski definition) is 0. The van der Waals surface area contributed by atoms with Crippen molar-refractivity contribution in [3.05, 3.63) is 35.2 Å². The molecule has 1 aliphatic rings. The fourth-order valence-electron chi connectivity index (χ4n) is 3.75. The Morgan fingerprint density at radius 1 is 1.21 bits per heavy atom. The third-order valence-electron chi connectivity index (χ3n) is 5.49. The highest BCUT2D eigenvalue weighted by atomic mass is 16.2. The minimum Gasteiger partial charge on any atom is -0.333 e. The molecule has 1 saturated carbocycles. The predicted octanol–water partition coefficient (Wildman–Crippen LogP) is 2.92. The van der Waals surface area contributed by atoms with Crippen molar-refractivity contribution in [1.29, 1.82) is 0 Å². The lowest BCUT2D eigenvalue weighted by Gasteiger charge is -2.43. The first-order valence-corrected chi connectivity index (χ1v) is 8.57. The normalized spacial score (nSPS) is 16.8. The van der Waals surface area contributed by atoms with Crippen LogP contribution in [0.4, 0.5) is 0 Å². The largest absolute Gasteiger partial charge is 0.333 e. The van der Waals surface area contributed by atoms with E-state index in [0.717, 1.165) is 42.8 Å². The molecule has 1 fully saturated rings. The van der Waals surface area contributed by atoms with Gasteiger partial charge in [-0.3, -0.25) is 4.79 Å². The molecule has 24 heavy (non-hydrogen) atoms. The van der Waals surface area contributed by atoms with Crippen LogP contribution in [0.15, 0.2) is 18.2 Å². The van der Waals surface area contributed by atoms with Crippen LogP contribution in [0.25, 0.3) is 5.69 Å². The number of rotatable bonds is 3. The van der Waals surface area contributed by atoms with Crippen LogP contribution in [-0.4, -0.2) is 38.1 Å². The van der Waals surface area contributed by atoms with Crippen LogP contribution in [0.2, 0.25) is 0 Å². The Kier molecular flexibility index (Phi) is 4.39. The van der Waals surface area contributed by atoms with Crippen molar-refractivity contribution >= 4 is 5.91 Å². The Hall–Kier alpha value is -2.24. The number of carbonyl (C=O) groups is 1. The van der Waals surface area contributed by atoms with E-state index in [-0.39, 0.29) is 5.91 Å². The first kappa shape index (κ1) is 16.6. The Bertz CT molecular complexity index is 746. The average Bonchev–Trinajstić information content (AvgIpc) is 3.07. The lowest BCUT2D eigenvalue weighted by Crippen LogP contribution is -2.49. The number of tetrazole rings is 1. The first-order valence-electron chi connectivity index (χ1n) is 8.57. The molecule has 0 aliphatic heterocycles. The van der Waals surface area contributed by atoms with E-state index < -0.39 is 5.54 Å². The number of hydrogen-bond acceptors (Lipinski definition) is 4. The monoisotopic (exact) mass is 327 g/mol. The molecule has 0 saturated heterocycles. The Morgan fingerprint density at radius 3 is 2.58 bits per heavy atom. The van der Waals surface area contributed by atoms with Gasteiger partial charge in [0.2, 0.25) is 5.91 Å². The molecular formula is C18H25N5O. The van der Waals surface area contributed by atoms with Gasteiger partial charge in [0.05, 0.1) is 5.69 Å². The minimum absolute atomic E-state index is 0.0485. The molecule has 0 spiro atoms. The van der Waals surface area contributed by atoms with Gasteiger partial charge in [-0.2, -0.15) is 4.68 Å². The Labute approximate surface area is 142 Å². The molecule has 6 heteroatoms. The topological polar surface area (TPSA) is 63.9 Å². The van der Waals surface area contributed by atoms with E-state index in [4.69, 9.17) is 0 Å². The second kappa shape index (κ2) is 6.34. The Balaban J connectivity index is 2.16. The minimum atomic E-state index is -0.427. The van der Waals surface area contributed by atoms with E-state index in [1.165, 1.54) is 12.0 Å². The quantitative estimate of drug-likeness (QED) is 0.869. The number of carbonyl (C=O) groups excluding carboxylic acids is 1. The first-order chi connectivity index (χ1) is 11.5. The van der Waals surface area contributed by atoms with Gasteiger partial charge in [-0.1, -0.05) is 31.4 Å². The zero-order valence-electron chi connectivity index (χ0n) is 14.9. The molecule has 1 aromatic heterocycles. The SMILES string of the molecule is CC(=O)N(C)C1(c2nnnn2-c2cccc(C)c2C)CCCCC1. The van der Waals surface area contributed by atoms with Gasteiger partial charge in [-0.05, 0) is 54.3 Å². The van der Waals surface area contributed by atoms with Crippen molar-refractivity contribution in [2.45, 2.75) is 58.4 Å². The molecule has 0 N–H and O–H groups in total. The summed E-state index contributed by atoms with van der Waals surface area (Å²) in [4.78, 5) is 14.0. The van der Waals surface area contributed by atoms with Crippen LogP contribution in [0, 0.1) is 13.8 Å². The van der Waals surface area contributed by atoms with Crippen molar-refractivity contribution in [1.82, 2.24) is 25.1 Å². The van der Waals surface area contributed by atoms with E-state index in [1.807, 2.05) is 28.8 Å². The lowest BCUT2D eigenvalue weighted by atomic mass is 9.79. The fraction of sp³-hybridized carbons (Fsp3) is 0.556. The molecule has 2 aromatic rings. The zero-order chi connectivity index (χ0) is 17.3. The summed E-state index contributed by atoms with van der Waals surface area (Å²) in [5.74, 6) is 0.820. The summed E-state index contributed by atoms with van der Waals surface area (Å²) in [6.07, 6.45) is 5.15. The summed E-state index contributed by atoms with van der Waals surface area (Å²) in [5.41, 5.74) is 2.91. The van der Waals surface area contributed by atoms with E-state index in [9.17, 15) is 4.79 Å². The van der Waals surface area contributed by atoms with Crippen LogP contribution in [0.5, 0.6) is 0 Å².